The second-order valence-electron chi connectivity index (χ2n) is 5.99. The van der Waals surface area contributed by atoms with E-state index in [0.717, 1.165) is 11.4 Å². The fourth-order valence-corrected chi connectivity index (χ4v) is 3.77. The Morgan fingerprint density at radius 1 is 1.10 bits per heavy atom. The van der Waals surface area contributed by atoms with E-state index in [1.807, 2.05) is 12.1 Å². The van der Waals surface area contributed by atoms with Crippen LogP contribution in [0.3, 0.4) is 0 Å². The number of nitrogens with one attached hydrogen (secondary N) is 1. The molecule has 2 heterocycles. The first-order valence-corrected chi connectivity index (χ1v) is 8.03. The molecule has 21 heavy (non-hydrogen) atoms. The summed E-state index contributed by atoms with van der Waals surface area (Å²) in [4.78, 5) is 0. The average Bonchev–Trinajstić information content (AvgIpc) is 3.01. The highest BCUT2D eigenvalue weighted by Gasteiger charge is 2.40. The fourth-order valence-electron chi connectivity index (χ4n) is 3.00. The van der Waals surface area contributed by atoms with E-state index in [9.17, 15) is 0 Å². The molecule has 1 atom stereocenters. The van der Waals surface area contributed by atoms with E-state index in [0.29, 0.717) is 0 Å². The highest BCUT2D eigenvalue weighted by molar-refractivity contribution is 7.17. The summed E-state index contributed by atoms with van der Waals surface area (Å²) < 4.78 is 7.41. The van der Waals surface area contributed by atoms with Crippen LogP contribution in [-0.4, -0.2) is 5.60 Å². The van der Waals surface area contributed by atoms with Gasteiger partial charge in [0.25, 0.3) is 0 Å². The van der Waals surface area contributed by atoms with Crippen LogP contribution in [0.25, 0.3) is 10.1 Å². The molecule has 1 N–H and O–H groups in total. The van der Waals surface area contributed by atoms with Crippen molar-refractivity contribution in [1.82, 2.24) is 0 Å². The first kappa shape index (κ1) is 12.7. The van der Waals surface area contributed by atoms with Crippen LogP contribution >= 0.6 is 11.3 Å². The van der Waals surface area contributed by atoms with Crippen LogP contribution in [0.2, 0.25) is 0 Å². The minimum absolute atomic E-state index is 0.157. The molecule has 1 aliphatic heterocycles. The lowest BCUT2D eigenvalue weighted by Gasteiger charge is -2.28. The number of rotatable bonds is 2. The van der Waals surface area contributed by atoms with Gasteiger partial charge in [-0.3, -0.25) is 0 Å². The lowest BCUT2D eigenvalue weighted by atomic mass is 9.94. The van der Waals surface area contributed by atoms with E-state index in [4.69, 9.17) is 4.74 Å². The molecule has 1 aromatic heterocycles. The van der Waals surface area contributed by atoms with Crippen LogP contribution in [0.4, 0.5) is 5.69 Å². The summed E-state index contributed by atoms with van der Waals surface area (Å²) in [5, 5.41) is 7.07. The maximum Gasteiger partial charge on any atom is 0.128 e. The molecular weight excluding hydrogens is 278 g/mol. The van der Waals surface area contributed by atoms with Gasteiger partial charge in [-0.1, -0.05) is 18.2 Å². The number of ether oxygens (including phenoxy) is 1. The Morgan fingerprint density at radius 3 is 2.86 bits per heavy atom. The monoisotopic (exact) mass is 295 g/mol. The van der Waals surface area contributed by atoms with Gasteiger partial charge in [0, 0.05) is 16.0 Å². The Balaban J connectivity index is 1.72. The van der Waals surface area contributed by atoms with Crippen LogP contribution < -0.4 is 10.1 Å². The lowest BCUT2D eigenvalue weighted by molar-refractivity contribution is 0.118. The molecule has 3 aromatic rings. The molecule has 4 rings (SSSR count). The topological polar surface area (TPSA) is 21.3 Å². The molecule has 2 aromatic carbocycles. The smallest absolute Gasteiger partial charge is 0.128 e. The quantitative estimate of drug-likeness (QED) is 0.699. The second-order valence-corrected chi connectivity index (χ2v) is 6.94. The van der Waals surface area contributed by atoms with Gasteiger partial charge in [-0.25, -0.2) is 0 Å². The third-order valence-corrected chi connectivity index (χ3v) is 4.96. The number of benzene rings is 2. The Kier molecular flexibility index (Phi) is 2.73. The standard InChI is InChI=1S/C18H17NOS/c1-18(2)17(14-5-3-4-6-15(14)20-18)19-13-7-8-16-12(11-13)9-10-21-16/h3-11,17,19H,1-2H3. The minimum Gasteiger partial charge on any atom is -0.485 e. The third-order valence-electron chi connectivity index (χ3n) is 4.06. The Bertz CT molecular complexity index is 806. The van der Waals surface area contributed by atoms with Gasteiger partial charge < -0.3 is 10.1 Å². The number of hydrogen-bond acceptors (Lipinski definition) is 3. The van der Waals surface area contributed by atoms with Crippen LogP contribution in [0.5, 0.6) is 5.75 Å². The van der Waals surface area contributed by atoms with Gasteiger partial charge in [-0.05, 0) is 54.9 Å². The van der Waals surface area contributed by atoms with Crippen molar-refractivity contribution in [2.75, 3.05) is 5.32 Å². The van der Waals surface area contributed by atoms with Crippen LogP contribution in [0.15, 0.2) is 53.9 Å². The molecule has 0 fully saturated rings. The number of anilines is 1. The van der Waals surface area contributed by atoms with E-state index in [1.54, 1.807) is 11.3 Å². The van der Waals surface area contributed by atoms with Gasteiger partial charge in [0.05, 0.1) is 6.04 Å². The predicted octanol–water partition coefficient (Wildman–Crippen LogP) is 5.23. The van der Waals surface area contributed by atoms with Crippen LogP contribution in [0, 0.1) is 0 Å². The molecule has 106 valence electrons. The number of thiophene rings is 1. The van der Waals surface area contributed by atoms with Gasteiger partial charge in [0.15, 0.2) is 0 Å². The van der Waals surface area contributed by atoms with Gasteiger partial charge in [0.2, 0.25) is 0 Å². The number of hydrogen-bond donors (Lipinski definition) is 1. The van der Waals surface area contributed by atoms with Crippen molar-refractivity contribution in [3.8, 4) is 5.75 Å². The summed E-state index contributed by atoms with van der Waals surface area (Å²) in [5.41, 5.74) is 2.11. The molecular formula is C18H17NOS. The number of fused-ring (bicyclic) bond motifs is 2. The molecule has 0 saturated heterocycles. The molecule has 1 aliphatic rings. The summed E-state index contributed by atoms with van der Waals surface area (Å²) in [6, 6.07) is 17.1. The first-order valence-electron chi connectivity index (χ1n) is 7.15. The van der Waals surface area contributed by atoms with Crippen molar-refractivity contribution < 1.29 is 4.74 Å². The third kappa shape index (κ3) is 2.09. The SMILES string of the molecule is CC1(C)Oc2ccccc2C1Nc1ccc2sccc2c1. The zero-order valence-electron chi connectivity index (χ0n) is 12.1. The van der Waals surface area contributed by atoms with Crippen molar-refractivity contribution in [1.29, 1.82) is 0 Å². The van der Waals surface area contributed by atoms with Gasteiger partial charge >= 0.3 is 0 Å². The van der Waals surface area contributed by atoms with Crippen molar-refractivity contribution >= 4 is 27.1 Å². The fraction of sp³-hybridized carbons (Fsp3) is 0.222. The van der Waals surface area contributed by atoms with Gasteiger partial charge in [-0.15, -0.1) is 11.3 Å². The highest BCUT2D eigenvalue weighted by Crippen LogP contribution is 2.44. The van der Waals surface area contributed by atoms with Crippen LogP contribution in [0.1, 0.15) is 25.5 Å². The van der Waals surface area contributed by atoms with Crippen molar-refractivity contribution in [3.05, 3.63) is 59.5 Å². The minimum atomic E-state index is -0.257. The molecule has 3 heteroatoms. The van der Waals surface area contributed by atoms with Crippen molar-refractivity contribution in [3.63, 3.8) is 0 Å². The van der Waals surface area contributed by atoms with E-state index in [-0.39, 0.29) is 11.6 Å². The molecule has 1 unspecified atom stereocenters. The molecule has 0 aliphatic carbocycles. The van der Waals surface area contributed by atoms with E-state index >= 15 is 0 Å². The maximum atomic E-state index is 6.09. The molecule has 0 radical (unpaired) electrons. The summed E-state index contributed by atoms with van der Waals surface area (Å²) >= 11 is 1.77. The van der Waals surface area contributed by atoms with E-state index in [2.05, 4.69) is 60.9 Å². The molecule has 2 nitrogen and oxygen atoms in total. The summed E-state index contributed by atoms with van der Waals surface area (Å²) in [6.07, 6.45) is 0. The Labute approximate surface area is 128 Å². The highest BCUT2D eigenvalue weighted by atomic mass is 32.1. The summed E-state index contributed by atoms with van der Waals surface area (Å²) in [6.45, 7) is 4.27. The Morgan fingerprint density at radius 2 is 1.95 bits per heavy atom. The van der Waals surface area contributed by atoms with Gasteiger partial charge in [-0.2, -0.15) is 0 Å². The first-order chi connectivity index (χ1) is 10.1. The largest absolute Gasteiger partial charge is 0.485 e. The van der Waals surface area contributed by atoms with E-state index < -0.39 is 0 Å². The average molecular weight is 295 g/mol. The van der Waals surface area contributed by atoms with Crippen molar-refractivity contribution in [2.45, 2.75) is 25.5 Å². The van der Waals surface area contributed by atoms with Crippen molar-refractivity contribution in [2.24, 2.45) is 0 Å². The normalized spacial score (nSPS) is 19.2. The summed E-state index contributed by atoms with van der Waals surface area (Å²) in [5.74, 6) is 0.983. The molecule has 0 saturated carbocycles. The van der Waals surface area contributed by atoms with Gasteiger partial charge in [0.1, 0.15) is 11.4 Å². The molecule has 0 spiro atoms. The zero-order valence-corrected chi connectivity index (χ0v) is 12.9. The number of para-hydroxylation sites is 1. The lowest BCUT2D eigenvalue weighted by Crippen LogP contribution is -2.34. The summed E-state index contributed by atoms with van der Waals surface area (Å²) in [7, 11) is 0. The zero-order chi connectivity index (χ0) is 14.4. The molecule has 0 bridgehead atoms. The maximum absolute atomic E-state index is 6.09. The predicted molar refractivity (Wildman–Crippen MR) is 89.3 cm³/mol. The second kappa shape index (κ2) is 4.50. The van der Waals surface area contributed by atoms with E-state index in [1.165, 1.54) is 15.6 Å². The Hall–Kier alpha value is -2.00. The molecule has 0 amide bonds. The van der Waals surface area contributed by atoms with Crippen LogP contribution in [-0.2, 0) is 0 Å².